The van der Waals surface area contributed by atoms with E-state index in [2.05, 4.69) is 10.3 Å². The van der Waals surface area contributed by atoms with E-state index in [-0.39, 0.29) is 18.5 Å². The second kappa shape index (κ2) is 6.49. The van der Waals surface area contributed by atoms with Crippen molar-refractivity contribution in [2.75, 3.05) is 7.05 Å². The number of rotatable bonds is 5. The number of hydrogen-bond donors (Lipinski definition) is 1. The molecule has 0 spiro atoms. The Morgan fingerprint density at radius 1 is 1.43 bits per heavy atom. The first kappa shape index (κ1) is 15.2. The summed E-state index contributed by atoms with van der Waals surface area (Å²) in [4.78, 5) is 13.9. The van der Waals surface area contributed by atoms with Crippen molar-refractivity contribution >= 4 is 5.91 Å². The van der Waals surface area contributed by atoms with Crippen molar-refractivity contribution in [2.24, 2.45) is 5.73 Å². The third-order valence-corrected chi connectivity index (χ3v) is 3.41. The predicted molar refractivity (Wildman–Crippen MR) is 80.3 cm³/mol. The lowest BCUT2D eigenvalue weighted by atomic mass is 10.1. The van der Waals surface area contributed by atoms with E-state index >= 15 is 0 Å². The summed E-state index contributed by atoms with van der Waals surface area (Å²) < 4.78 is 1.52. The maximum atomic E-state index is 12.2. The van der Waals surface area contributed by atoms with E-state index in [0.717, 1.165) is 5.56 Å². The van der Waals surface area contributed by atoms with Gasteiger partial charge in [-0.25, -0.2) is 4.68 Å². The van der Waals surface area contributed by atoms with Crippen molar-refractivity contribution in [3.8, 4) is 0 Å². The van der Waals surface area contributed by atoms with Gasteiger partial charge < -0.3 is 10.6 Å². The topological polar surface area (TPSA) is 77.0 Å². The normalized spacial score (nSPS) is 12.2. The molecule has 2 rings (SSSR count). The summed E-state index contributed by atoms with van der Waals surface area (Å²) >= 11 is 0. The molecule has 0 bridgehead atoms. The van der Waals surface area contributed by atoms with E-state index in [1.165, 1.54) is 10.2 Å². The molecule has 0 aliphatic rings. The lowest BCUT2D eigenvalue weighted by Crippen LogP contribution is -2.30. The quantitative estimate of drug-likeness (QED) is 0.898. The fourth-order valence-corrected chi connectivity index (χ4v) is 1.99. The van der Waals surface area contributed by atoms with Crippen LogP contribution in [0.5, 0.6) is 0 Å². The maximum absolute atomic E-state index is 12.2. The molecule has 0 fully saturated rings. The average Bonchev–Trinajstić information content (AvgIpc) is 2.90. The van der Waals surface area contributed by atoms with E-state index in [0.29, 0.717) is 12.2 Å². The molecule has 2 N–H and O–H groups in total. The Bertz CT molecular complexity index is 620. The molecule has 2 aromatic rings. The van der Waals surface area contributed by atoms with Gasteiger partial charge in [-0.15, -0.1) is 5.10 Å². The zero-order chi connectivity index (χ0) is 15.4. The summed E-state index contributed by atoms with van der Waals surface area (Å²) in [5, 5.41) is 7.87. The van der Waals surface area contributed by atoms with Gasteiger partial charge in [-0.1, -0.05) is 29.5 Å². The molecule has 0 aliphatic carbocycles. The van der Waals surface area contributed by atoms with Crippen LogP contribution in [0.4, 0.5) is 0 Å². The first-order valence-corrected chi connectivity index (χ1v) is 6.91. The summed E-state index contributed by atoms with van der Waals surface area (Å²) in [6, 6.07) is 7.86. The van der Waals surface area contributed by atoms with Crippen LogP contribution in [-0.2, 0) is 17.9 Å². The van der Waals surface area contributed by atoms with E-state index in [9.17, 15) is 4.79 Å². The first-order chi connectivity index (χ1) is 9.97. The molecule has 0 aliphatic heterocycles. The highest BCUT2D eigenvalue weighted by molar-refractivity contribution is 5.75. The third-order valence-electron chi connectivity index (χ3n) is 3.41. The summed E-state index contributed by atoms with van der Waals surface area (Å²) in [5.41, 5.74) is 8.73. The van der Waals surface area contributed by atoms with E-state index in [4.69, 9.17) is 5.73 Å². The number of nitrogens with two attached hydrogens (primary N) is 1. The zero-order valence-electron chi connectivity index (χ0n) is 12.7. The first-order valence-electron chi connectivity index (χ1n) is 6.91. The van der Waals surface area contributed by atoms with Gasteiger partial charge in [0.05, 0.1) is 11.9 Å². The molecule has 112 valence electrons. The molecule has 6 heteroatoms. The molecule has 0 saturated carbocycles. The van der Waals surface area contributed by atoms with Crippen LogP contribution in [0.1, 0.15) is 29.8 Å². The summed E-state index contributed by atoms with van der Waals surface area (Å²) in [5.74, 6) is -0.0145. The summed E-state index contributed by atoms with van der Waals surface area (Å²) in [6.07, 6.45) is 1.71. The van der Waals surface area contributed by atoms with Crippen LogP contribution in [0, 0.1) is 6.92 Å². The SMILES string of the molecule is Cc1ccccc1CN(C)C(=O)Cn1cc(C(C)N)nn1. The largest absolute Gasteiger partial charge is 0.340 e. The van der Waals surface area contributed by atoms with Crippen LogP contribution in [0.15, 0.2) is 30.5 Å². The second-order valence-electron chi connectivity index (χ2n) is 5.31. The van der Waals surface area contributed by atoms with Crippen molar-refractivity contribution in [2.45, 2.75) is 33.0 Å². The van der Waals surface area contributed by atoms with Crippen molar-refractivity contribution in [1.29, 1.82) is 0 Å². The van der Waals surface area contributed by atoms with Crippen molar-refractivity contribution in [3.63, 3.8) is 0 Å². The van der Waals surface area contributed by atoms with Crippen LogP contribution >= 0.6 is 0 Å². The molecule has 21 heavy (non-hydrogen) atoms. The predicted octanol–water partition coefficient (Wildman–Crippen LogP) is 1.26. The van der Waals surface area contributed by atoms with Gasteiger partial charge in [0.25, 0.3) is 0 Å². The minimum Gasteiger partial charge on any atom is -0.340 e. The second-order valence-corrected chi connectivity index (χ2v) is 5.31. The molecule has 1 amide bonds. The molecule has 1 aromatic heterocycles. The van der Waals surface area contributed by atoms with Crippen LogP contribution < -0.4 is 5.73 Å². The number of nitrogens with zero attached hydrogens (tertiary/aromatic N) is 4. The van der Waals surface area contributed by atoms with E-state index in [1.807, 2.05) is 38.1 Å². The number of aryl methyl sites for hydroxylation is 1. The molecule has 0 radical (unpaired) electrons. The fourth-order valence-electron chi connectivity index (χ4n) is 1.99. The zero-order valence-corrected chi connectivity index (χ0v) is 12.7. The molecule has 1 unspecified atom stereocenters. The number of amides is 1. The fraction of sp³-hybridized carbons (Fsp3) is 0.400. The number of carbonyl (C=O) groups excluding carboxylic acids is 1. The van der Waals surface area contributed by atoms with Gasteiger partial charge in [0, 0.05) is 19.6 Å². The van der Waals surface area contributed by atoms with Crippen molar-refractivity contribution in [1.82, 2.24) is 19.9 Å². The summed E-state index contributed by atoms with van der Waals surface area (Å²) in [7, 11) is 1.79. The number of carbonyl (C=O) groups is 1. The molecular formula is C15H21N5O. The van der Waals surface area contributed by atoms with Gasteiger partial charge in [0.2, 0.25) is 5.91 Å². The Labute approximate surface area is 124 Å². The Balaban J connectivity index is 1.97. The minimum absolute atomic E-state index is 0.0145. The monoisotopic (exact) mass is 287 g/mol. The van der Waals surface area contributed by atoms with Crippen LogP contribution in [0.3, 0.4) is 0 Å². The third kappa shape index (κ3) is 3.88. The molecule has 1 aromatic carbocycles. The van der Waals surface area contributed by atoms with Gasteiger partial charge >= 0.3 is 0 Å². The standard InChI is InChI=1S/C15H21N5O/c1-11-6-4-5-7-13(11)8-19(3)15(21)10-20-9-14(12(2)16)17-18-20/h4-7,9,12H,8,10,16H2,1-3H3. The molecule has 0 saturated heterocycles. The molecule has 1 atom stereocenters. The summed E-state index contributed by atoms with van der Waals surface area (Å²) in [6.45, 7) is 4.63. The Morgan fingerprint density at radius 3 is 2.76 bits per heavy atom. The molecule has 6 nitrogen and oxygen atoms in total. The highest BCUT2D eigenvalue weighted by Crippen LogP contribution is 2.10. The maximum Gasteiger partial charge on any atom is 0.244 e. The average molecular weight is 287 g/mol. The van der Waals surface area contributed by atoms with Crippen LogP contribution in [0.25, 0.3) is 0 Å². The van der Waals surface area contributed by atoms with E-state index in [1.54, 1.807) is 18.1 Å². The van der Waals surface area contributed by atoms with Gasteiger partial charge in [-0.05, 0) is 25.0 Å². The van der Waals surface area contributed by atoms with Gasteiger partial charge in [-0.3, -0.25) is 4.79 Å². The molecule has 1 heterocycles. The number of aromatic nitrogens is 3. The minimum atomic E-state index is -0.182. The highest BCUT2D eigenvalue weighted by atomic mass is 16.2. The number of likely N-dealkylation sites (N-methyl/N-ethyl adjacent to an activating group) is 1. The Morgan fingerprint density at radius 2 is 2.14 bits per heavy atom. The Hall–Kier alpha value is -2.21. The van der Waals surface area contributed by atoms with Crippen LogP contribution in [0.2, 0.25) is 0 Å². The number of hydrogen-bond acceptors (Lipinski definition) is 4. The highest BCUT2D eigenvalue weighted by Gasteiger charge is 2.13. The van der Waals surface area contributed by atoms with Gasteiger partial charge in [0.1, 0.15) is 6.54 Å². The lowest BCUT2D eigenvalue weighted by molar-refractivity contribution is -0.131. The van der Waals surface area contributed by atoms with Crippen molar-refractivity contribution in [3.05, 3.63) is 47.3 Å². The van der Waals surface area contributed by atoms with Gasteiger partial charge in [0.15, 0.2) is 0 Å². The van der Waals surface area contributed by atoms with Crippen LogP contribution in [-0.4, -0.2) is 32.8 Å². The Kier molecular flexibility index (Phi) is 4.70. The lowest BCUT2D eigenvalue weighted by Gasteiger charge is -2.18. The smallest absolute Gasteiger partial charge is 0.244 e. The van der Waals surface area contributed by atoms with E-state index < -0.39 is 0 Å². The molecular weight excluding hydrogens is 266 g/mol. The number of benzene rings is 1. The van der Waals surface area contributed by atoms with Crippen molar-refractivity contribution < 1.29 is 4.79 Å². The van der Waals surface area contributed by atoms with Gasteiger partial charge in [-0.2, -0.15) is 0 Å².